The Bertz CT molecular complexity index is 727. The van der Waals surface area contributed by atoms with E-state index < -0.39 is 10.0 Å². The summed E-state index contributed by atoms with van der Waals surface area (Å²) in [5.74, 6) is -0.0944. The number of carbonyl (C=O) groups excluding carboxylic acids is 1. The first-order chi connectivity index (χ1) is 12.5. The molecule has 2 aliphatic rings. The van der Waals surface area contributed by atoms with Crippen LogP contribution in [0, 0.1) is 0 Å². The molecule has 2 saturated heterocycles. The molecule has 1 N–H and O–H groups in total. The minimum atomic E-state index is -3.55. The first-order valence-corrected chi connectivity index (χ1v) is 11.1. The van der Waals surface area contributed by atoms with Crippen molar-refractivity contribution in [2.24, 2.45) is 0 Å². The Balaban J connectivity index is 1.80. The van der Waals surface area contributed by atoms with Crippen molar-refractivity contribution in [1.82, 2.24) is 14.5 Å². The van der Waals surface area contributed by atoms with E-state index in [2.05, 4.69) is 5.32 Å². The highest BCUT2D eigenvalue weighted by Gasteiger charge is 2.27. The van der Waals surface area contributed by atoms with Gasteiger partial charge in [0.2, 0.25) is 10.0 Å². The number of hydrogen-bond donors (Lipinski definition) is 1. The zero-order valence-corrected chi connectivity index (χ0v) is 16.3. The van der Waals surface area contributed by atoms with E-state index in [0.29, 0.717) is 31.7 Å². The van der Waals surface area contributed by atoms with Crippen LogP contribution in [-0.2, 0) is 10.0 Å². The van der Waals surface area contributed by atoms with E-state index in [4.69, 9.17) is 0 Å². The van der Waals surface area contributed by atoms with Crippen molar-refractivity contribution in [3.63, 3.8) is 0 Å². The summed E-state index contributed by atoms with van der Waals surface area (Å²) in [4.78, 5) is 14.8. The second kappa shape index (κ2) is 8.50. The van der Waals surface area contributed by atoms with Crippen LogP contribution in [-0.4, -0.2) is 62.3 Å². The van der Waals surface area contributed by atoms with Crippen LogP contribution in [0.3, 0.4) is 0 Å². The van der Waals surface area contributed by atoms with Crippen LogP contribution in [0.1, 0.15) is 49.4 Å². The molecular formula is C19H29N3O3S. The minimum Gasteiger partial charge on any atom is -0.336 e. The molecule has 1 aromatic carbocycles. The number of benzene rings is 1. The predicted molar refractivity (Wildman–Crippen MR) is 102 cm³/mol. The van der Waals surface area contributed by atoms with Gasteiger partial charge in [0.15, 0.2) is 0 Å². The molecule has 0 spiro atoms. The number of piperazine rings is 1. The summed E-state index contributed by atoms with van der Waals surface area (Å²) in [7, 11) is -3.55. The predicted octanol–water partition coefficient (Wildman–Crippen LogP) is 2.08. The highest BCUT2D eigenvalue weighted by Crippen LogP contribution is 2.21. The molecule has 26 heavy (non-hydrogen) atoms. The van der Waals surface area contributed by atoms with Crippen molar-refractivity contribution >= 4 is 15.9 Å². The van der Waals surface area contributed by atoms with Gasteiger partial charge in [-0.05, 0) is 38.0 Å². The zero-order valence-electron chi connectivity index (χ0n) is 15.5. The first-order valence-electron chi connectivity index (χ1n) is 9.61. The normalized spacial score (nSPS) is 23.3. The molecule has 7 heteroatoms. The molecule has 3 rings (SSSR count). The number of nitrogens with one attached hydrogen (secondary N) is 1. The molecule has 6 nitrogen and oxygen atoms in total. The molecule has 1 unspecified atom stereocenters. The fourth-order valence-electron chi connectivity index (χ4n) is 3.70. The smallest absolute Gasteiger partial charge is 0.253 e. The van der Waals surface area contributed by atoms with Crippen LogP contribution in [0.5, 0.6) is 0 Å². The van der Waals surface area contributed by atoms with Gasteiger partial charge in [0.05, 0.1) is 4.90 Å². The van der Waals surface area contributed by atoms with Gasteiger partial charge in [-0.1, -0.05) is 25.3 Å². The molecule has 144 valence electrons. The number of rotatable bonds is 3. The Kier molecular flexibility index (Phi) is 6.32. The second-order valence-corrected chi connectivity index (χ2v) is 9.24. The Morgan fingerprint density at radius 3 is 2.46 bits per heavy atom. The van der Waals surface area contributed by atoms with Gasteiger partial charge < -0.3 is 10.2 Å². The molecule has 0 aliphatic carbocycles. The summed E-state index contributed by atoms with van der Waals surface area (Å²) >= 11 is 0. The average Bonchev–Trinajstić information content (AvgIpc) is 2.60. The number of amides is 1. The molecule has 1 amide bonds. The van der Waals surface area contributed by atoms with Gasteiger partial charge >= 0.3 is 0 Å². The van der Waals surface area contributed by atoms with E-state index in [1.807, 2.05) is 6.92 Å². The maximum Gasteiger partial charge on any atom is 0.253 e. The molecule has 0 saturated carbocycles. The number of nitrogens with zero attached hydrogens (tertiary/aromatic N) is 2. The monoisotopic (exact) mass is 379 g/mol. The van der Waals surface area contributed by atoms with Crippen LogP contribution in [0.15, 0.2) is 29.2 Å². The van der Waals surface area contributed by atoms with Crippen molar-refractivity contribution in [1.29, 1.82) is 0 Å². The number of sulfonamides is 1. The maximum absolute atomic E-state index is 13.0. The lowest BCUT2D eigenvalue weighted by Crippen LogP contribution is -2.51. The summed E-state index contributed by atoms with van der Waals surface area (Å²) in [5, 5.41) is 3.31. The third-order valence-corrected chi connectivity index (χ3v) is 7.08. The van der Waals surface area contributed by atoms with Crippen molar-refractivity contribution in [2.45, 2.75) is 50.0 Å². The van der Waals surface area contributed by atoms with E-state index in [-0.39, 0.29) is 16.8 Å². The fraction of sp³-hybridized carbons (Fsp3) is 0.632. The number of carbonyl (C=O) groups is 1. The second-order valence-electron chi connectivity index (χ2n) is 7.31. The Morgan fingerprint density at radius 2 is 1.77 bits per heavy atom. The number of hydrogen-bond acceptors (Lipinski definition) is 4. The van der Waals surface area contributed by atoms with Gasteiger partial charge in [0, 0.05) is 44.3 Å². The molecule has 0 aromatic heterocycles. The van der Waals surface area contributed by atoms with Gasteiger partial charge in [0.25, 0.3) is 5.91 Å². The van der Waals surface area contributed by atoms with E-state index >= 15 is 0 Å². The first kappa shape index (κ1) is 19.3. The van der Waals surface area contributed by atoms with Crippen molar-refractivity contribution < 1.29 is 13.2 Å². The molecule has 1 atom stereocenters. The van der Waals surface area contributed by atoms with Gasteiger partial charge in [0.1, 0.15) is 0 Å². The molecule has 1 aromatic rings. The van der Waals surface area contributed by atoms with Crippen LogP contribution in [0.25, 0.3) is 0 Å². The Hall–Kier alpha value is -1.44. The van der Waals surface area contributed by atoms with Crippen LogP contribution in [0.4, 0.5) is 0 Å². The van der Waals surface area contributed by atoms with E-state index in [1.165, 1.54) is 6.42 Å². The maximum atomic E-state index is 13.0. The minimum absolute atomic E-state index is 0.0944. The fourth-order valence-corrected chi connectivity index (χ4v) is 5.26. The van der Waals surface area contributed by atoms with Crippen molar-refractivity contribution in [3.05, 3.63) is 29.8 Å². The molecule has 2 heterocycles. The summed E-state index contributed by atoms with van der Waals surface area (Å²) in [6.45, 7) is 5.22. The quantitative estimate of drug-likeness (QED) is 0.873. The zero-order chi connectivity index (χ0) is 18.6. The van der Waals surface area contributed by atoms with Crippen molar-refractivity contribution in [2.75, 3.05) is 32.7 Å². The van der Waals surface area contributed by atoms with Crippen LogP contribution >= 0.6 is 0 Å². The standard InChI is InChI=1S/C19H29N3O3S/c1-16-15-21(13-10-20-16)19(23)17-8-7-9-18(14-17)26(24,25)22-11-5-3-2-4-6-12-22/h7-9,14,16,20H,2-6,10-13,15H2,1H3. The average molecular weight is 380 g/mol. The SMILES string of the molecule is CC1CN(C(=O)c2cccc(S(=O)(=O)N3CCCCCCC3)c2)CCN1. The Morgan fingerprint density at radius 1 is 1.08 bits per heavy atom. The summed E-state index contributed by atoms with van der Waals surface area (Å²) < 4.78 is 27.7. The lowest BCUT2D eigenvalue weighted by Gasteiger charge is -2.32. The molecule has 2 aliphatic heterocycles. The van der Waals surface area contributed by atoms with Gasteiger partial charge in [-0.25, -0.2) is 8.42 Å². The topological polar surface area (TPSA) is 69.7 Å². The highest BCUT2D eigenvalue weighted by atomic mass is 32.2. The lowest BCUT2D eigenvalue weighted by molar-refractivity contribution is 0.0709. The van der Waals surface area contributed by atoms with Gasteiger partial charge in [-0.2, -0.15) is 4.31 Å². The summed E-state index contributed by atoms with van der Waals surface area (Å²) in [6, 6.07) is 6.78. The van der Waals surface area contributed by atoms with E-state index in [9.17, 15) is 13.2 Å². The summed E-state index contributed by atoms with van der Waals surface area (Å²) in [5.41, 5.74) is 0.451. The van der Waals surface area contributed by atoms with Crippen LogP contribution < -0.4 is 5.32 Å². The Labute approximate surface area is 156 Å². The third-order valence-electron chi connectivity index (χ3n) is 5.19. The van der Waals surface area contributed by atoms with Crippen LogP contribution in [0.2, 0.25) is 0 Å². The molecule has 0 radical (unpaired) electrons. The summed E-state index contributed by atoms with van der Waals surface area (Å²) in [6.07, 6.45) is 5.13. The van der Waals surface area contributed by atoms with E-state index in [0.717, 1.165) is 32.2 Å². The lowest BCUT2D eigenvalue weighted by atomic mass is 10.1. The molecule has 0 bridgehead atoms. The van der Waals surface area contributed by atoms with Crippen molar-refractivity contribution in [3.8, 4) is 0 Å². The van der Waals surface area contributed by atoms with E-state index in [1.54, 1.807) is 33.5 Å². The van der Waals surface area contributed by atoms with Gasteiger partial charge in [-0.3, -0.25) is 4.79 Å². The third kappa shape index (κ3) is 4.45. The molecule has 2 fully saturated rings. The molecular weight excluding hydrogens is 350 g/mol. The highest BCUT2D eigenvalue weighted by molar-refractivity contribution is 7.89. The largest absolute Gasteiger partial charge is 0.336 e. The van der Waals surface area contributed by atoms with Gasteiger partial charge in [-0.15, -0.1) is 0 Å².